The minimum Gasteiger partial charge on any atom is -0.391 e. The van der Waals surface area contributed by atoms with E-state index in [0.29, 0.717) is 11.6 Å². The second kappa shape index (κ2) is 5.62. The number of aliphatic hydroxyl groups is 1. The van der Waals surface area contributed by atoms with Gasteiger partial charge in [0.25, 0.3) is 0 Å². The number of hydrogen-bond donors (Lipinski definition) is 1. The van der Waals surface area contributed by atoms with Gasteiger partial charge in [-0.1, -0.05) is 48.6 Å². The lowest BCUT2D eigenvalue weighted by Crippen LogP contribution is -2.61. The summed E-state index contributed by atoms with van der Waals surface area (Å²) in [6.45, 7) is 7.38. The van der Waals surface area contributed by atoms with E-state index in [-0.39, 0.29) is 6.10 Å². The van der Waals surface area contributed by atoms with Gasteiger partial charge in [-0.25, -0.2) is 0 Å². The zero-order valence-corrected chi connectivity index (χ0v) is 13.8. The number of nitrogens with zero attached hydrogens (tertiary/aromatic N) is 1. The lowest BCUT2D eigenvalue weighted by atomic mass is 9.90. The van der Waals surface area contributed by atoms with Crippen LogP contribution >= 0.6 is 0 Å². The highest BCUT2D eigenvalue weighted by molar-refractivity contribution is 6.91. The molecule has 2 heterocycles. The van der Waals surface area contributed by atoms with Crippen LogP contribution < -0.4 is 5.19 Å². The van der Waals surface area contributed by atoms with E-state index in [9.17, 15) is 5.11 Å². The summed E-state index contributed by atoms with van der Waals surface area (Å²) in [6.07, 6.45) is 4.66. The van der Waals surface area contributed by atoms with Gasteiger partial charge >= 0.3 is 0 Å². The molecule has 0 aromatic heterocycles. The van der Waals surface area contributed by atoms with Gasteiger partial charge in [0.15, 0.2) is 0 Å². The van der Waals surface area contributed by atoms with Crippen LogP contribution in [0.3, 0.4) is 0 Å². The summed E-state index contributed by atoms with van der Waals surface area (Å²) in [5.74, 6) is 0. The first kappa shape index (κ1) is 14.3. The van der Waals surface area contributed by atoms with E-state index in [4.69, 9.17) is 0 Å². The molecule has 2 aliphatic rings. The number of fused-ring (bicyclic) bond motifs is 1. The van der Waals surface area contributed by atoms with Crippen LogP contribution in [0.25, 0.3) is 0 Å². The fraction of sp³-hybridized carbons (Fsp3) is 0.647. The van der Waals surface area contributed by atoms with Gasteiger partial charge in [-0.05, 0) is 44.3 Å². The highest BCUT2D eigenvalue weighted by atomic mass is 28.3. The van der Waals surface area contributed by atoms with Gasteiger partial charge in [-0.2, -0.15) is 0 Å². The molecular weight excluding hydrogens is 262 g/mol. The fourth-order valence-electron chi connectivity index (χ4n) is 4.40. The first-order chi connectivity index (χ1) is 9.60. The Balaban J connectivity index is 1.91. The van der Waals surface area contributed by atoms with Crippen molar-refractivity contribution in [3.8, 4) is 0 Å². The number of benzene rings is 1. The Morgan fingerprint density at radius 3 is 2.40 bits per heavy atom. The third-order valence-corrected chi connectivity index (χ3v) is 9.88. The maximum atomic E-state index is 10.6. The molecule has 2 nitrogen and oxygen atoms in total. The van der Waals surface area contributed by atoms with Crippen LogP contribution in [-0.2, 0) is 0 Å². The maximum Gasteiger partial charge on any atom is 0.0853 e. The molecule has 2 aliphatic heterocycles. The molecule has 3 heteroatoms. The Labute approximate surface area is 123 Å². The molecule has 0 bridgehead atoms. The minimum atomic E-state index is -1.53. The molecule has 0 aliphatic carbocycles. The Hall–Kier alpha value is -0.643. The second-order valence-corrected chi connectivity index (χ2v) is 11.8. The van der Waals surface area contributed by atoms with E-state index in [1.165, 1.54) is 25.9 Å². The summed E-state index contributed by atoms with van der Waals surface area (Å²) in [6, 6.07) is 11.5. The average molecular weight is 289 g/mol. The number of piperidine rings is 2. The number of rotatable bonds is 2. The van der Waals surface area contributed by atoms with Gasteiger partial charge in [0.1, 0.15) is 0 Å². The summed E-state index contributed by atoms with van der Waals surface area (Å²) in [5, 5.41) is 12.1. The summed E-state index contributed by atoms with van der Waals surface area (Å²) in [7, 11) is -1.53. The molecule has 0 unspecified atom stereocenters. The highest BCUT2D eigenvalue weighted by Gasteiger charge is 2.46. The maximum absolute atomic E-state index is 10.6. The van der Waals surface area contributed by atoms with Crippen molar-refractivity contribution in [1.29, 1.82) is 0 Å². The van der Waals surface area contributed by atoms with Crippen LogP contribution in [0.1, 0.15) is 25.7 Å². The van der Waals surface area contributed by atoms with Crippen LogP contribution in [-0.4, -0.2) is 43.3 Å². The molecule has 1 aromatic rings. The van der Waals surface area contributed by atoms with Crippen LogP contribution in [0, 0.1) is 0 Å². The molecule has 3 atom stereocenters. The van der Waals surface area contributed by atoms with Crippen molar-refractivity contribution in [3.05, 3.63) is 30.3 Å². The zero-order valence-electron chi connectivity index (χ0n) is 12.8. The quantitative estimate of drug-likeness (QED) is 0.846. The van der Waals surface area contributed by atoms with Gasteiger partial charge in [0, 0.05) is 6.04 Å². The van der Waals surface area contributed by atoms with E-state index in [1.807, 2.05) is 0 Å². The fourth-order valence-corrected chi connectivity index (χ4v) is 8.10. The molecule has 110 valence electrons. The van der Waals surface area contributed by atoms with E-state index in [2.05, 4.69) is 48.3 Å². The zero-order chi connectivity index (χ0) is 14.2. The summed E-state index contributed by atoms with van der Waals surface area (Å²) < 4.78 is 0. The minimum absolute atomic E-state index is 0.107. The topological polar surface area (TPSA) is 23.5 Å². The van der Waals surface area contributed by atoms with E-state index >= 15 is 0 Å². The van der Waals surface area contributed by atoms with Gasteiger partial charge in [-0.15, -0.1) is 0 Å². The SMILES string of the molecule is C[Si](C)(c1ccccc1)[C@H]1CCCN2CCC[C@@H](O)[C@H]12. The Morgan fingerprint density at radius 2 is 1.70 bits per heavy atom. The predicted octanol–water partition coefficient (Wildman–Crippen LogP) is 2.59. The normalized spacial score (nSPS) is 31.9. The van der Waals surface area contributed by atoms with Crippen molar-refractivity contribution in [2.24, 2.45) is 0 Å². The third kappa shape index (κ3) is 2.47. The van der Waals surface area contributed by atoms with Crippen molar-refractivity contribution in [1.82, 2.24) is 4.90 Å². The monoisotopic (exact) mass is 289 g/mol. The summed E-state index contributed by atoms with van der Waals surface area (Å²) >= 11 is 0. The van der Waals surface area contributed by atoms with Crippen LogP contribution in [0.5, 0.6) is 0 Å². The molecule has 1 aromatic carbocycles. The lowest BCUT2D eigenvalue weighted by Gasteiger charge is -2.51. The molecule has 0 spiro atoms. The molecule has 20 heavy (non-hydrogen) atoms. The smallest absolute Gasteiger partial charge is 0.0853 e. The molecule has 2 fully saturated rings. The van der Waals surface area contributed by atoms with E-state index in [1.54, 1.807) is 5.19 Å². The molecule has 3 rings (SSSR count). The van der Waals surface area contributed by atoms with Crippen molar-refractivity contribution in [2.75, 3.05) is 13.1 Å². The highest BCUT2D eigenvalue weighted by Crippen LogP contribution is 2.40. The Bertz CT molecular complexity index is 446. The molecule has 0 amide bonds. The first-order valence-electron chi connectivity index (χ1n) is 8.08. The molecular formula is C17H27NOSi. The largest absolute Gasteiger partial charge is 0.391 e. The molecule has 2 saturated heterocycles. The molecule has 0 radical (unpaired) electrons. The van der Waals surface area contributed by atoms with Crippen molar-refractivity contribution in [3.63, 3.8) is 0 Å². The van der Waals surface area contributed by atoms with E-state index < -0.39 is 8.07 Å². The molecule has 1 N–H and O–H groups in total. The second-order valence-electron chi connectivity index (χ2n) is 7.07. The van der Waals surface area contributed by atoms with Gasteiger partial charge in [0.05, 0.1) is 14.2 Å². The van der Waals surface area contributed by atoms with Gasteiger partial charge in [-0.3, -0.25) is 4.90 Å². The van der Waals surface area contributed by atoms with Gasteiger partial charge in [0.2, 0.25) is 0 Å². The van der Waals surface area contributed by atoms with E-state index in [0.717, 1.165) is 12.8 Å². The number of aliphatic hydroxyl groups excluding tert-OH is 1. The van der Waals surface area contributed by atoms with Crippen molar-refractivity contribution < 1.29 is 5.11 Å². The summed E-state index contributed by atoms with van der Waals surface area (Å²) in [4.78, 5) is 2.58. The van der Waals surface area contributed by atoms with Crippen LogP contribution in [0.4, 0.5) is 0 Å². The number of hydrogen-bond acceptors (Lipinski definition) is 2. The Morgan fingerprint density at radius 1 is 1.05 bits per heavy atom. The lowest BCUT2D eigenvalue weighted by molar-refractivity contribution is -0.00932. The van der Waals surface area contributed by atoms with Crippen LogP contribution in [0.15, 0.2) is 30.3 Å². The first-order valence-corrected chi connectivity index (χ1v) is 11.2. The van der Waals surface area contributed by atoms with Gasteiger partial charge < -0.3 is 5.11 Å². The predicted molar refractivity (Wildman–Crippen MR) is 87.1 cm³/mol. The molecule has 0 saturated carbocycles. The van der Waals surface area contributed by atoms with Crippen LogP contribution in [0.2, 0.25) is 18.6 Å². The summed E-state index contributed by atoms with van der Waals surface area (Å²) in [5.41, 5.74) is 0.689. The average Bonchev–Trinajstić information content (AvgIpc) is 2.48. The third-order valence-electron chi connectivity index (χ3n) is 5.58. The van der Waals surface area contributed by atoms with Crippen molar-refractivity contribution >= 4 is 13.3 Å². The Kier molecular flexibility index (Phi) is 4.02. The van der Waals surface area contributed by atoms with Crippen molar-refractivity contribution in [2.45, 2.75) is 56.5 Å². The standard InChI is InChI=1S/C17H27NOSi/c1-20(2,14-8-4-3-5-9-14)16-11-7-13-18-12-6-10-15(19)17(16)18/h3-5,8-9,15-17,19H,6-7,10-13H2,1-2H3/t15-,16+,17-/m1/s1.